The average Bonchev–Trinajstić information content (AvgIpc) is 2.60. The fourth-order valence-electron chi connectivity index (χ4n) is 2.59. The molecule has 5 nitrogen and oxygen atoms in total. The smallest absolute Gasteiger partial charge is 0.336 e. The van der Waals surface area contributed by atoms with Gasteiger partial charge in [0.1, 0.15) is 11.3 Å². The van der Waals surface area contributed by atoms with Gasteiger partial charge in [0.15, 0.2) is 0 Å². The second kappa shape index (κ2) is 7.03. The van der Waals surface area contributed by atoms with Crippen molar-refractivity contribution in [2.45, 2.75) is 11.8 Å². The lowest BCUT2D eigenvalue weighted by Crippen LogP contribution is -2.13. The predicted octanol–water partition coefficient (Wildman–Crippen LogP) is 4.08. The molecule has 0 atom stereocenters. The number of amides is 1. The summed E-state index contributed by atoms with van der Waals surface area (Å²) in [4.78, 5) is 25.1. The minimum absolute atomic E-state index is 0.293. The second-order valence-electron chi connectivity index (χ2n) is 5.48. The lowest BCUT2D eigenvalue weighted by Gasteiger charge is -2.11. The topological polar surface area (TPSA) is 68.5 Å². The molecule has 0 aliphatic rings. The van der Waals surface area contributed by atoms with Crippen molar-refractivity contribution in [2.24, 2.45) is 0 Å². The number of ether oxygens (including phenoxy) is 1. The van der Waals surface area contributed by atoms with Gasteiger partial charge in [0, 0.05) is 28.1 Å². The number of rotatable bonds is 4. The van der Waals surface area contributed by atoms with Gasteiger partial charge in [-0.05, 0) is 49.1 Å². The molecule has 0 fully saturated rings. The van der Waals surface area contributed by atoms with Crippen LogP contribution in [0.1, 0.15) is 15.9 Å². The third-order valence-electron chi connectivity index (χ3n) is 3.86. The number of hydrogen-bond acceptors (Lipinski definition) is 5. The zero-order valence-corrected chi connectivity index (χ0v) is 14.9. The van der Waals surface area contributed by atoms with Crippen LogP contribution in [0.3, 0.4) is 0 Å². The summed E-state index contributed by atoms with van der Waals surface area (Å²) in [7, 11) is 1.53. The molecule has 25 heavy (non-hydrogen) atoms. The minimum atomic E-state index is -0.414. The Labute approximate surface area is 149 Å². The number of thioether (sulfide) groups is 1. The Kier molecular flexibility index (Phi) is 4.81. The molecule has 0 aliphatic heterocycles. The molecule has 1 amide bonds. The summed E-state index contributed by atoms with van der Waals surface area (Å²) in [6.45, 7) is 1.84. The van der Waals surface area contributed by atoms with Crippen LogP contribution in [-0.2, 0) is 0 Å². The summed E-state index contributed by atoms with van der Waals surface area (Å²) < 4.78 is 10.5. The van der Waals surface area contributed by atoms with E-state index in [9.17, 15) is 9.59 Å². The number of benzene rings is 2. The fraction of sp³-hybridized carbons (Fsp3) is 0.158. The van der Waals surface area contributed by atoms with E-state index >= 15 is 0 Å². The van der Waals surface area contributed by atoms with Crippen molar-refractivity contribution in [1.29, 1.82) is 0 Å². The Balaban J connectivity index is 1.93. The highest BCUT2D eigenvalue weighted by Crippen LogP contribution is 2.27. The van der Waals surface area contributed by atoms with Gasteiger partial charge in [0.05, 0.1) is 12.7 Å². The molecule has 0 unspecified atom stereocenters. The molecule has 0 saturated carbocycles. The van der Waals surface area contributed by atoms with Crippen LogP contribution in [0.5, 0.6) is 5.75 Å². The zero-order chi connectivity index (χ0) is 18.0. The molecular formula is C19H17NO4S. The molecule has 1 aromatic heterocycles. The Bertz CT molecular complexity index is 1010. The summed E-state index contributed by atoms with van der Waals surface area (Å²) in [6.07, 6.45) is 1.96. The first kappa shape index (κ1) is 17.1. The third kappa shape index (κ3) is 3.53. The second-order valence-corrected chi connectivity index (χ2v) is 6.36. The van der Waals surface area contributed by atoms with Gasteiger partial charge in [-0.2, -0.15) is 0 Å². The summed E-state index contributed by atoms with van der Waals surface area (Å²) in [5, 5.41) is 3.65. The molecule has 128 valence electrons. The van der Waals surface area contributed by atoms with Gasteiger partial charge in [-0.25, -0.2) is 4.79 Å². The average molecular weight is 355 g/mol. The first-order valence-corrected chi connectivity index (χ1v) is 8.82. The van der Waals surface area contributed by atoms with Crippen molar-refractivity contribution in [2.75, 3.05) is 18.7 Å². The van der Waals surface area contributed by atoms with Crippen LogP contribution in [0.25, 0.3) is 11.0 Å². The monoisotopic (exact) mass is 355 g/mol. The van der Waals surface area contributed by atoms with Crippen molar-refractivity contribution in [3.05, 3.63) is 64.0 Å². The molecule has 0 aliphatic carbocycles. The maximum absolute atomic E-state index is 12.6. The van der Waals surface area contributed by atoms with Crippen molar-refractivity contribution in [3.8, 4) is 5.75 Å². The van der Waals surface area contributed by atoms with Crippen LogP contribution in [0, 0.1) is 6.92 Å². The highest BCUT2D eigenvalue weighted by Gasteiger charge is 2.14. The summed E-state index contributed by atoms with van der Waals surface area (Å²) in [6, 6.07) is 12.1. The first-order valence-electron chi connectivity index (χ1n) is 7.59. The van der Waals surface area contributed by atoms with E-state index in [0.717, 1.165) is 15.8 Å². The first-order chi connectivity index (χ1) is 12.0. The Morgan fingerprint density at radius 2 is 1.96 bits per heavy atom. The van der Waals surface area contributed by atoms with E-state index < -0.39 is 5.63 Å². The summed E-state index contributed by atoms with van der Waals surface area (Å²) in [5.41, 5.74) is 1.84. The number of carbonyl (C=O) groups excluding carboxylic acids is 1. The lowest BCUT2D eigenvalue weighted by atomic mass is 10.1. The number of fused-ring (bicyclic) bond motifs is 1. The summed E-state index contributed by atoms with van der Waals surface area (Å²) in [5.74, 6) is 0.214. The van der Waals surface area contributed by atoms with Gasteiger partial charge in [-0.1, -0.05) is 0 Å². The molecular weight excluding hydrogens is 338 g/mol. The quantitative estimate of drug-likeness (QED) is 0.564. The molecule has 0 bridgehead atoms. The van der Waals surface area contributed by atoms with Crippen LogP contribution in [0.15, 0.2) is 56.6 Å². The SMILES string of the molecule is COc1cc(SC)ccc1C(=O)Nc1ccc2c(C)cc(=O)oc2c1. The number of hydrogen-bond donors (Lipinski definition) is 1. The zero-order valence-electron chi connectivity index (χ0n) is 14.1. The number of aryl methyl sites for hydroxylation is 1. The number of nitrogens with one attached hydrogen (secondary N) is 1. The van der Waals surface area contributed by atoms with Gasteiger partial charge < -0.3 is 14.5 Å². The molecule has 0 saturated heterocycles. The lowest BCUT2D eigenvalue weighted by molar-refractivity contribution is 0.102. The van der Waals surface area contributed by atoms with Gasteiger partial charge >= 0.3 is 5.63 Å². The molecule has 1 N–H and O–H groups in total. The van der Waals surface area contributed by atoms with E-state index in [4.69, 9.17) is 9.15 Å². The molecule has 1 heterocycles. The fourth-order valence-corrected chi connectivity index (χ4v) is 3.02. The third-order valence-corrected chi connectivity index (χ3v) is 4.59. The van der Waals surface area contributed by atoms with E-state index in [-0.39, 0.29) is 5.91 Å². The standard InChI is InChI=1S/C19H17NO4S/c1-11-8-18(21)24-17-9-12(4-6-14(11)17)20-19(22)15-7-5-13(25-3)10-16(15)23-2/h4-10H,1-3H3,(H,20,22). The van der Waals surface area contributed by atoms with Gasteiger partial charge in [0.2, 0.25) is 0 Å². The minimum Gasteiger partial charge on any atom is -0.496 e. The predicted molar refractivity (Wildman–Crippen MR) is 99.9 cm³/mol. The molecule has 6 heteroatoms. The van der Waals surface area contributed by atoms with Crippen molar-refractivity contribution >= 4 is 34.3 Å². The molecule has 0 spiro atoms. The molecule has 3 aromatic rings. The highest BCUT2D eigenvalue weighted by molar-refractivity contribution is 7.98. The van der Waals surface area contributed by atoms with Crippen molar-refractivity contribution < 1.29 is 13.9 Å². The number of methoxy groups -OCH3 is 1. The van der Waals surface area contributed by atoms with E-state index in [1.807, 2.05) is 31.4 Å². The number of carbonyl (C=O) groups is 1. The van der Waals surface area contributed by atoms with Crippen LogP contribution in [0.2, 0.25) is 0 Å². The maximum atomic E-state index is 12.6. The van der Waals surface area contributed by atoms with Crippen molar-refractivity contribution in [1.82, 2.24) is 0 Å². The van der Waals surface area contributed by atoms with E-state index in [1.165, 1.54) is 13.2 Å². The molecule has 2 aromatic carbocycles. The van der Waals surface area contributed by atoms with Crippen LogP contribution in [0.4, 0.5) is 5.69 Å². The Morgan fingerprint density at radius 3 is 2.68 bits per heavy atom. The van der Waals surface area contributed by atoms with Crippen LogP contribution >= 0.6 is 11.8 Å². The van der Waals surface area contributed by atoms with E-state index in [1.54, 1.807) is 30.0 Å². The van der Waals surface area contributed by atoms with Gasteiger partial charge in [0.25, 0.3) is 5.91 Å². The van der Waals surface area contributed by atoms with Gasteiger partial charge in [-0.15, -0.1) is 11.8 Å². The van der Waals surface area contributed by atoms with Crippen molar-refractivity contribution in [3.63, 3.8) is 0 Å². The highest BCUT2D eigenvalue weighted by atomic mass is 32.2. The Hall–Kier alpha value is -2.73. The van der Waals surface area contributed by atoms with Crippen LogP contribution in [-0.4, -0.2) is 19.3 Å². The van der Waals surface area contributed by atoms with Crippen LogP contribution < -0.4 is 15.7 Å². The van der Waals surface area contributed by atoms with E-state index in [2.05, 4.69) is 5.32 Å². The normalized spacial score (nSPS) is 10.7. The Morgan fingerprint density at radius 1 is 1.16 bits per heavy atom. The summed E-state index contributed by atoms with van der Waals surface area (Å²) >= 11 is 1.57. The molecule has 3 rings (SSSR count). The largest absolute Gasteiger partial charge is 0.496 e. The molecule has 0 radical (unpaired) electrons. The number of anilines is 1. The maximum Gasteiger partial charge on any atom is 0.336 e. The van der Waals surface area contributed by atoms with E-state index in [0.29, 0.717) is 22.6 Å². The van der Waals surface area contributed by atoms with Gasteiger partial charge in [-0.3, -0.25) is 4.79 Å².